The Balaban J connectivity index is 0. The van der Waals surface area contributed by atoms with Crippen LogP contribution in [0.15, 0.2) is 12.2 Å². The Labute approximate surface area is 186 Å². The number of hydrogen-bond acceptors (Lipinski definition) is 2. The lowest BCUT2D eigenvalue weighted by atomic mass is 10.0. The summed E-state index contributed by atoms with van der Waals surface area (Å²) in [5, 5.41) is 0. The maximum absolute atomic E-state index is 11.5. The summed E-state index contributed by atoms with van der Waals surface area (Å²) >= 11 is 0. The summed E-state index contributed by atoms with van der Waals surface area (Å²) in [6.07, 6.45) is 20.7. The van der Waals surface area contributed by atoms with Crippen molar-refractivity contribution < 1.29 is 31.4 Å². The van der Waals surface area contributed by atoms with Crippen LogP contribution in [0, 0.1) is 0 Å². The zero-order chi connectivity index (χ0) is 20.3. The number of rotatable bonds is 19. The van der Waals surface area contributed by atoms with Crippen LogP contribution in [0.4, 0.5) is 0 Å². The van der Waals surface area contributed by atoms with E-state index in [1.807, 2.05) is 6.92 Å². The van der Waals surface area contributed by atoms with E-state index < -0.39 is 0 Å². The van der Waals surface area contributed by atoms with Gasteiger partial charge in [-0.2, -0.15) is 0 Å². The fourth-order valence-electron chi connectivity index (χ4n) is 3.34. The van der Waals surface area contributed by atoms with Gasteiger partial charge in [-0.05, 0) is 19.8 Å². The van der Waals surface area contributed by atoms with Crippen molar-refractivity contribution in [3.8, 4) is 0 Å². The molecule has 0 fully saturated rings. The van der Waals surface area contributed by atoms with E-state index in [2.05, 4.69) is 20.6 Å². The lowest BCUT2D eigenvalue weighted by molar-refractivity contribution is -0.924. The van der Waals surface area contributed by atoms with Crippen molar-refractivity contribution in [1.82, 2.24) is 0 Å². The van der Waals surface area contributed by atoms with Crippen molar-refractivity contribution in [2.24, 2.45) is 0 Å². The van der Waals surface area contributed by atoms with Crippen LogP contribution >= 0.6 is 0 Å². The van der Waals surface area contributed by atoms with Crippen molar-refractivity contribution in [2.75, 3.05) is 13.6 Å². The van der Waals surface area contributed by atoms with Crippen LogP contribution in [0.5, 0.6) is 0 Å². The second kappa shape index (κ2) is 21.4. The highest BCUT2D eigenvalue weighted by Gasteiger charge is 2.17. The number of quaternary nitrogens is 1. The van der Waals surface area contributed by atoms with Crippen LogP contribution in [0.3, 0.4) is 0 Å². The summed E-state index contributed by atoms with van der Waals surface area (Å²) in [4.78, 5) is 12.8. The van der Waals surface area contributed by atoms with Crippen molar-refractivity contribution in [3.63, 3.8) is 0 Å². The summed E-state index contributed by atoms with van der Waals surface area (Å²) in [5.41, 5.74) is 0.474. The molecule has 0 saturated carbocycles. The predicted octanol–water partition coefficient (Wildman–Crippen LogP) is 2.84. The Bertz CT molecular complexity index is 374. The fraction of sp³-hybridized carbons (Fsp3) is 0.875. The SMILES string of the molecule is C=C(C)C(=O)OC(C)[NH+](C)CCCCCCCCCCCCCCCCC.[Br-]. The molecule has 0 aromatic heterocycles. The van der Waals surface area contributed by atoms with Crippen LogP contribution in [0.25, 0.3) is 0 Å². The zero-order valence-corrected chi connectivity index (χ0v) is 20.9. The summed E-state index contributed by atoms with van der Waals surface area (Å²) in [6.45, 7) is 10.6. The van der Waals surface area contributed by atoms with Crippen LogP contribution in [-0.2, 0) is 9.53 Å². The Morgan fingerprint density at radius 1 is 0.821 bits per heavy atom. The topological polar surface area (TPSA) is 30.7 Å². The third-order valence-electron chi connectivity index (χ3n) is 5.50. The Morgan fingerprint density at radius 2 is 1.18 bits per heavy atom. The second-order valence-corrected chi connectivity index (χ2v) is 8.37. The van der Waals surface area contributed by atoms with E-state index in [-0.39, 0.29) is 29.2 Å². The van der Waals surface area contributed by atoms with E-state index in [0.29, 0.717) is 5.57 Å². The molecule has 0 aliphatic heterocycles. The van der Waals surface area contributed by atoms with Gasteiger partial charge in [-0.15, -0.1) is 0 Å². The molecule has 28 heavy (non-hydrogen) atoms. The number of carbonyl (C=O) groups excluding carboxylic acids is 1. The Morgan fingerprint density at radius 3 is 1.54 bits per heavy atom. The van der Waals surface area contributed by atoms with Crippen molar-refractivity contribution in [2.45, 2.75) is 123 Å². The number of unbranched alkanes of at least 4 members (excludes halogenated alkanes) is 14. The molecule has 0 radical (unpaired) electrons. The van der Waals surface area contributed by atoms with Crippen molar-refractivity contribution in [1.29, 1.82) is 0 Å². The van der Waals surface area contributed by atoms with Crippen LogP contribution in [0.2, 0.25) is 0 Å². The van der Waals surface area contributed by atoms with E-state index in [1.165, 1.54) is 101 Å². The van der Waals surface area contributed by atoms with Gasteiger partial charge in [0.2, 0.25) is 6.23 Å². The van der Waals surface area contributed by atoms with Crippen LogP contribution in [0.1, 0.15) is 117 Å². The average Bonchev–Trinajstić information content (AvgIpc) is 2.64. The highest BCUT2D eigenvalue weighted by Crippen LogP contribution is 2.13. The minimum Gasteiger partial charge on any atom is -1.00 e. The third-order valence-corrected chi connectivity index (χ3v) is 5.50. The molecule has 0 heterocycles. The van der Waals surface area contributed by atoms with Gasteiger partial charge < -0.3 is 26.6 Å². The Kier molecular flexibility index (Phi) is 22.8. The summed E-state index contributed by atoms with van der Waals surface area (Å²) in [6, 6.07) is 0. The van der Waals surface area contributed by atoms with E-state index in [0.717, 1.165) is 6.54 Å². The molecule has 0 amide bonds. The van der Waals surface area contributed by atoms with Gasteiger partial charge in [0.1, 0.15) is 0 Å². The van der Waals surface area contributed by atoms with Gasteiger partial charge in [-0.3, -0.25) is 0 Å². The molecule has 2 atom stereocenters. The molecular formula is C24H48BrNO2. The fourth-order valence-corrected chi connectivity index (χ4v) is 3.34. The normalized spacial score (nSPS) is 12.9. The van der Waals surface area contributed by atoms with Gasteiger partial charge in [0.05, 0.1) is 13.6 Å². The first-order chi connectivity index (χ1) is 13.0. The number of esters is 1. The van der Waals surface area contributed by atoms with Gasteiger partial charge in [0.25, 0.3) is 0 Å². The minimum atomic E-state index is -0.279. The van der Waals surface area contributed by atoms with E-state index in [1.54, 1.807) is 6.92 Å². The molecule has 4 heteroatoms. The molecule has 0 bridgehead atoms. The van der Waals surface area contributed by atoms with Crippen molar-refractivity contribution in [3.05, 3.63) is 12.2 Å². The van der Waals surface area contributed by atoms with Crippen LogP contribution in [-0.4, -0.2) is 25.8 Å². The summed E-state index contributed by atoms with van der Waals surface area (Å²) < 4.78 is 5.37. The Hall–Kier alpha value is -0.350. The molecule has 1 N–H and O–H groups in total. The maximum atomic E-state index is 11.5. The minimum absolute atomic E-state index is 0. The van der Waals surface area contributed by atoms with Crippen molar-refractivity contribution >= 4 is 5.97 Å². The lowest BCUT2D eigenvalue weighted by Crippen LogP contribution is -3.13. The standard InChI is InChI=1S/C24H47NO2.BrH/c1-6-7-8-9-10-11-12-13-14-15-16-17-18-19-20-21-25(5)23(4)27-24(26)22(2)3;/h23H,2,6-21H2,1,3-5H3;1H. The summed E-state index contributed by atoms with van der Waals surface area (Å²) in [7, 11) is 2.10. The van der Waals surface area contributed by atoms with E-state index in [4.69, 9.17) is 4.74 Å². The molecule has 0 saturated heterocycles. The quantitative estimate of drug-likeness (QED) is 0.139. The zero-order valence-electron chi connectivity index (χ0n) is 19.3. The van der Waals surface area contributed by atoms with E-state index >= 15 is 0 Å². The lowest BCUT2D eigenvalue weighted by Gasteiger charge is -2.21. The first kappa shape index (κ1) is 29.8. The molecule has 0 spiro atoms. The number of ether oxygens (including phenoxy) is 1. The molecule has 168 valence electrons. The largest absolute Gasteiger partial charge is 1.00 e. The van der Waals surface area contributed by atoms with Gasteiger partial charge in [0.15, 0.2) is 0 Å². The first-order valence-electron chi connectivity index (χ1n) is 11.7. The number of nitrogens with one attached hydrogen (secondary N) is 1. The highest BCUT2D eigenvalue weighted by atomic mass is 79.9. The number of carbonyl (C=O) groups is 1. The smallest absolute Gasteiger partial charge is 0.337 e. The third kappa shape index (κ3) is 19.0. The molecule has 0 rings (SSSR count). The average molecular weight is 463 g/mol. The maximum Gasteiger partial charge on any atom is 0.337 e. The number of halogens is 1. The van der Waals surface area contributed by atoms with Gasteiger partial charge in [0, 0.05) is 12.5 Å². The van der Waals surface area contributed by atoms with Gasteiger partial charge in [-0.25, -0.2) is 4.79 Å². The summed E-state index contributed by atoms with van der Waals surface area (Å²) in [5.74, 6) is -0.279. The second-order valence-electron chi connectivity index (χ2n) is 8.37. The van der Waals surface area contributed by atoms with E-state index in [9.17, 15) is 4.79 Å². The molecule has 2 unspecified atom stereocenters. The molecule has 3 nitrogen and oxygen atoms in total. The molecule has 0 aliphatic carbocycles. The monoisotopic (exact) mass is 461 g/mol. The number of hydrogen-bond donors (Lipinski definition) is 1. The van der Waals surface area contributed by atoms with Gasteiger partial charge >= 0.3 is 5.97 Å². The molecule has 0 aliphatic rings. The molecule has 0 aromatic rings. The first-order valence-corrected chi connectivity index (χ1v) is 11.7. The van der Waals surface area contributed by atoms with Gasteiger partial charge in [-0.1, -0.05) is 97.0 Å². The predicted molar refractivity (Wildman–Crippen MR) is 117 cm³/mol. The highest BCUT2D eigenvalue weighted by molar-refractivity contribution is 5.86. The molecule has 0 aromatic carbocycles. The van der Waals surface area contributed by atoms with Crippen LogP contribution < -0.4 is 21.9 Å². The molecular weight excluding hydrogens is 414 g/mol.